The molecule has 1 saturated heterocycles. The first-order valence-corrected chi connectivity index (χ1v) is 5.75. The van der Waals surface area contributed by atoms with E-state index in [-0.39, 0.29) is 5.91 Å². The number of furan rings is 1. The van der Waals surface area contributed by atoms with E-state index < -0.39 is 0 Å². The van der Waals surface area contributed by atoms with E-state index in [1.54, 1.807) is 12.1 Å². The highest BCUT2D eigenvalue weighted by molar-refractivity contribution is 5.91. The summed E-state index contributed by atoms with van der Waals surface area (Å²) in [6.07, 6.45) is 2.55. The molecule has 2 atom stereocenters. The molecule has 0 saturated carbocycles. The number of carbonyl (C=O) groups is 1. The zero-order valence-electron chi connectivity index (χ0n) is 9.56. The van der Waals surface area contributed by atoms with Crippen LogP contribution in [0.15, 0.2) is 22.8 Å². The lowest BCUT2D eigenvalue weighted by atomic mass is 9.87. The third kappa shape index (κ3) is 2.11. The van der Waals surface area contributed by atoms with Crippen molar-refractivity contribution in [2.75, 3.05) is 19.6 Å². The van der Waals surface area contributed by atoms with E-state index in [0.29, 0.717) is 24.1 Å². The van der Waals surface area contributed by atoms with Crippen molar-refractivity contribution in [1.82, 2.24) is 4.90 Å². The van der Waals surface area contributed by atoms with E-state index in [4.69, 9.17) is 10.2 Å². The number of likely N-dealkylation sites (tertiary alicyclic amines) is 1. The van der Waals surface area contributed by atoms with Crippen molar-refractivity contribution in [3.8, 4) is 0 Å². The molecule has 4 nitrogen and oxygen atoms in total. The molecular formula is C12H18N2O2. The van der Waals surface area contributed by atoms with Gasteiger partial charge in [0.2, 0.25) is 0 Å². The molecule has 2 N–H and O–H groups in total. The number of amides is 1. The van der Waals surface area contributed by atoms with Crippen LogP contribution in [0.3, 0.4) is 0 Å². The van der Waals surface area contributed by atoms with Gasteiger partial charge in [0.05, 0.1) is 6.26 Å². The Hall–Kier alpha value is -1.29. The van der Waals surface area contributed by atoms with Gasteiger partial charge in [-0.05, 0) is 36.9 Å². The fourth-order valence-corrected chi connectivity index (χ4v) is 2.20. The van der Waals surface area contributed by atoms with E-state index in [9.17, 15) is 4.79 Å². The average molecular weight is 222 g/mol. The summed E-state index contributed by atoms with van der Waals surface area (Å²) in [4.78, 5) is 13.9. The Morgan fingerprint density at radius 2 is 2.50 bits per heavy atom. The minimum absolute atomic E-state index is 0.0182. The number of nitrogens with two attached hydrogens (primary N) is 1. The molecule has 1 fully saturated rings. The van der Waals surface area contributed by atoms with Crippen molar-refractivity contribution >= 4 is 5.91 Å². The highest BCUT2D eigenvalue weighted by Crippen LogP contribution is 2.23. The third-order valence-corrected chi connectivity index (χ3v) is 3.44. The van der Waals surface area contributed by atoms with E-state index >= 15 is 0 Å². The van der Waals surface area contributed by atoms with Gasteiger partial charge in [0, 0.05) is 13.1 Å². The number of rotatable bonds is 2. The molecule has 88 valence electrons. The Morgan fingerprint density at radius 1 is 1.69 bits per heavy atom. The Labute approximate surface area is 95.4 Å². The number of carbonyl (C=O) groups excluding carboxylic acids is 1. The quantitative estimate of drug-likeness (QED) is 0.821. The van der Waals surface area contributed by atoms with Crippen LogP contribution in [0.4, 0.5) is 0 Å². The summed E-state index contributed by atoms with van der Waals surface area (Å²) in [5.74, 6) is 1.42. The second kappa shape index (κ2) is 4.70. The van der Waals surface area contributed by atoms with Gasteiger partial charge in [-0.1, -0.05) is 6.92 Å². The largest absolute Gasteiger partial charge is 0.459 e. The van der Waals surface area contributed by atoms with E-state index in [1.165, 1.54) is 6.26 Å². The first-order valence-electron chi connectivity index (χ1n) is 5.75. The molecule has 2 rings (SSSR count). The van der Waals surface area contributed by atoms with Crippen molar-refractivity contribution in [2.24, 2.45) is 17.6 Å². The minimum Gasteiger partial charge on any atom is -0.459 e. The summed E-state index contributed by atoms with van der Waals surface area (Å²) < 4.78 is 5.12. The molecule has 0 spiro atoms. The van der Waals surface area contributed by atoms with Crippen LogP contribution in [0.2, 0.25) is 0 Å². The Morgan fingerprint density at radius 3 is 3.12 bits per heavy atom. The van der Waals surface area contributed by atoms with Crippen molar-refractivity contribution < 1.29 is 9.21 Å². The summed E-state index contributed by atoms with van der Waals surface area (Å²) >= 11 is 0. The molecule has 4 heteroatoms. The lowest BCUT2D eigenvalue weighted by Gasteiger charge is -2.36. The molecule has 1 aromatic heterocycles. The Bertz CT molecular complexity index is 348. The molecule has 0 radical (unpaired) electrons. The predicted octanol–water partition coefficient (Wildman–Crippen LogP) is 1.34. The van der Waals surface area contributed by atoms with Crippen molar-refractivity contribution in [2.45, 2.75) is 13.3 Å². The summed E-state index contributed by atoms with van der Waals surface area (Å²) in [5.41, 5.74) is 5.71. The van der Waals surface area contributed by atoms with Gasteiger partial charge in [0.15, 0.2) is 5.76 Å². The zero-order chi connectivity index (χ0) is 11.5. The summed E-state index contributed by atoms with van der Waals surface area (Å²) in [6, 6.07) is 3.44. The molecule has 1 aromatic rings. The molecule has 1 aliphatic heterocycles. The SMILES string of the molecule is CC1CCN(C(=O)c2ccco2)CC1CN. The Kier molecular flexibility index (Phi) is 3.29. The highest BCUT2D eigenvalue weighted by atomic mass is 16.3. The first-order chi connectivity index (χ1) is 7.72. The summed E-state index contributed by atoms with van der Waals surface area (Å²) in [6.45, 7) is 4.39. The fourth-order valence-electron chi connectivity index (χ4n) is 2.20. The van der Waals surface area contributed by atoms with Gasteiger partial charge in [-0.25, -0.2) is 0 Å². The third-order valence-electron chi connectivity index (χ3n) is 3.44. The fraction of sp³-hybridized carbons (Fsp3) is 0.583. The molecule has 16 heavy (non-hydrogen) atoms. The van der Waals surface area contributed by atoms with Crippen LogP contribution >= 0.6 is 0 Å². The maximum absolute atomic E-state index is 12.0. The average Bonchev–Trinajstić information content (AvgIpc) is 2.82. The van der Waals surface area contributed by atoms with Gasteiger partial charge in [0.25, 0.3) is 5.91 Å². The van der Waals surface area contributed by atoms with Gasteiger partial charge in [-0.15, -0.1) is 0 Å². The molecule has 2 heterocycles. The van der Waals surface area contributed by atoms with E-state index in [1.807, 2.05) is 4.90 Å². The number of nitrogens with zero attached hydrogens (tertiary/aromatic N) is 1. The number of hydrogen-bond acceptors (Lipinski definition) is 3. The van der Waals surface area contributed by atoms with E-state index in [0.717, 1.165) is 19.5 Å². The second-order valence-corrected chi connectivity index (χ2v) is 4.49. The molecule has 0 aliphatic carbocycles. The maximum atomic E-state index is 12.0. The molecular weight excluding hydrogens is 204 g/mol. The number of hydrogen-bond donors (Lipinski definition) is 1. The monoisotopic (exact) mass is 222 g/mol. The summed E-state index contributed by atoms with van der Waals surface area (Å²) in [5, 5.41) is 0. The van der Waals surface area contributed by atoms with Gasteiger partial charge < -0.3 is 15.1 Å². The van der Waals surface area contributed by atoms with Gasteiger partial charge in [0.1, 0.15) is 0 Å². The normalized spacial score (nSPS) is 25.8. The topological polar surface area (TPSA) is 59.5 Å². The minimum atomic E-state index is -0.0182. The van der Waals surface area contributed by atoms with Gasteiger partial charge >= 0.3 is 0 Å². The van der Waals surface area contributed by atoms with Crippen molar-refractivity contribution in [1.29, 1.82) is 0 Å². The van der Waals surface area contributed by atoms with Crippen LogP contribution in [0.1, 0.15) is 23.9 Å². The van der Waals surface area contributed by atoms with Crippen LogP contribution in [-0.4, -0.2) is 30.4 Å². The van der Waals surface area contributed by atoms with Crippen LogP contribution < -0.4 is 5.73 Å². The van der Waals surface area contributed by atoms with Crippen LogP contribution in [0.25, 0.3) is 0 Å². The molecule has 1 aliphatic rings. The lowest BCUT2D eigenvalue weighted by Crippen LogP contribution is -2.45. The summed E-state index contributed by atoms with van der Waals surface area (Å²) in [7, 11) is 0. The van der Waals surface area contributed by atoms with Gasteiger partial charge in [-0.3, -0.25) is 4.79 Å². The maximum Gasteiger partial charge on any atom is 0.289 e. The van der Waals surface area contributed by atoms with E-state index in [2.05, 4.69) is 6.92 Å². The van der Waals surface area contributed by atoms with Crippen LogP contribution in [-0.2, 0) is 0 Å². The molecule has 0 bridgehead atoms. The number of piperidine rings is 1. The van der Waals surface area contributed by atoms with Crippen molar-refractivity contribution in [3.05, 3.63) is 24.2 Å². The predicted molar refractivity (Wildman–Crippen MR) is 60.9 cm³/mol. The molecule has 1 amide bonds. The smallest absolute Gasteiger partial charge is 0.289 e. The molecule has 2 unspecified atom stereocenters. The Balaban J connectivity index is 2.03. The molecule has 0 aromatic carbocycles. The van der Waals surface area contributed by atoms with Crippen molar-refractivity contribution in [3.63, 3.8) is 0 Å². The first kappa shape index (κ1) is 11.2. The second-order valence-electron chi connectivity index (χ2n) is 4.49. The lowest BCUT2D eigenvalue weighted by molar-refractivity contribution is 0.0587. The van der Waals surface area contributed by atoms with Crippen LogP contribution in [0.5, 0.6) is 0 Å². The zero-order valence-corrected chi connectivity index (χ0v) is 9.56. The van der Waals surface area contributed by atoms with Crippen LogP contribution in [0, 0.1) is 11.8 Å². The standard InChI is InChI=1S/C12H18N2O2/c1-9-4-5-14(8-10(9)7-13)12(15)11-3-2-6-16-11/h2-3,6,9-10H,4-5,7-8,13H2,1H3. The highest BCUT2D eigenvalue weighted by Gasteiger charge is 2.29. The van der Waals surface area contributed by atoms with Gasteiger partial charge in [-0.2, -0.15) is 0 Å².